The van der Waals surface area contributed by atoms with Gasteiger partial charge in [0.2, 0.25) is 0 Å². The normalized spacial score (nSPS) is 10.6. The van der Waals surface area contributed by atoms with E-state index in [0.717, 1.165) is 5.76 Å². The minimum Gasteiger partial charge on any atom is -0.465 e. The number of aryl methyl sites for hydroxylation is 1. The number of oxazole rings is 1. The van der Waals surface area contributed by atoms with Gasteiger partial charge in [-0.3, -0.25) is 4.79 Å². The van der Waals surface area contributed by atoms with Crippen molar-refractivity contribution in [1.29, 1.82) is 0 Å². The Labute approximate surface area is 131 Å². The monoisotopic (exact) mass is 316 g/mol. The molecular weight excluding hydrogens is 304 g/mol. The fourth-order valence-electron chi connectivity index (χ4n) is 2.07. The van der Waals surface area contributed by atoms with Crippen molar-refractivity contribution in [1.82, 2.24) is 10.3 Å². The molecule has 0 bridgehead atoms. The molecule has 3 rings (SSSR count). The maximum Gasteiger partial charge on any atom is 0.274 e. The summed E-state index contributed by atoms with van der Waals surface area (Å²) in [5, 5.41) is 3.31. The highest BCUT2D eigenvalue weighted by Crippen LogP contribution is 2.25. The molecule has 6 heteroatoms. The fraction of sp³-hybridized carbons (Fsp3) is 0.125. The molecule has 0 saturated carbocycles. The van der Waals surface area contributed by atoms with E-state index in [2.05, 4.69) is 10.3 Å². The molecule has 5 nitrogen and oxygen atoms in total. The number of furan rings is 1. The lowest BCUT2D eigenvalue weighted by Crippen LogP contribution is -2.23. The number of halogens is 1. The van der Waals surface area contributed by atoms with Crippen LogP contribution in [0.15, 0.2) is 51.6 Å². The largest absolute Gasteiger partial charge is 0.465 e. The predicted molar refractivity (Wildman–Crippen MR) is 81.6 cm³/mol. The first-order valence-electron chi connectivity index (χ1n) is 6.66. The zero-order chi connectivity index (χ0) is 15.5. The minimum absolute atomic E-state index is 0.213. The van der Waals surface area contributed by atoms with Crippen LogP contribution in [0.3, 0.4) is 0 Å². The summed E-state index contributed by atoms with van der Waals surface area (Å²) in [6.45, 7) is 2.13. The highest BCUT2D eigenvalue weighted by atomic mass is 35.5. The molecule has 1 aromatic carbocycles. The van der Waals surface area contributed by atoms with Crippen LogP contribution in [-0.4, -0.2) is 10.9 Å². The molecule has 2 aromatic heterocycles. The topological polar surface area (TPSA) is 68.3 Å². The summed E-state index contributed by atoms with van der Waals surface area (Å²) in [7, 11) is 0. The molecule has 0 spiro atoms. The lowest BCUT2D eigenvalue weighted by atomic mass is 10.1. The van der Waals surface area contributed by atoms with Crippen molar-refractivity contribution in [2.75, 3.05) is 0 Å². The van der Waals surface area contributed by atoms with Gasteiger partial charge in [-0.15, -0.1) is 0 Å². The number of aromatic nitrogens is 1. The molecule has 0 saturated heterocycles. The third-order valence-corrected chi connectivity index (χ3v) is 3.32. The third-order valence-electron chi connectivity index (χ3n) is 3.09. The molecule has 0 atom stereocenters. The van der Waals surface area contributed by atoms with E-state index >= 15 is 0 Å². The lowest BCUT2D eigenvalue weighted by Gasteiger charge is -2.03. The third kappa shape index (κ3) is 3.04. The number of rotatable bonds is 4. The summed E-state index contributed by atoms with van der Waals surface area (Å²) in [6, 6.07) is 10.7. The van der Waals surface area contributed by atoms with Crippen molar-refractivity contribution < 1.29 is 13.6 Å². The van der Waals surface area contributed by atoms with E-state index < -0.39 is 0 Å². The Morgan fingerprint density at radius 1 is 1.32 bits per heavy atom. The second-order valence-electron chi connectivity index (χ2n) is 4.74. The molecule has 0 unspecified atom stereocenters. The van der Waals surface area contributed by atoms with Crippen LogP contribution in [0.1, 0.15) is 22.0 Å². The van der Waals surface area contributed by atoms with Gasteiger partial charge >= 0.3 is 0 Å². The lowest BCUT2D eigenvalue weighted by molar-refractivity contribution is 0.0943. The van der Waals surface area contributed by atoms with Gasteiger partial charge in [0, 0.05) is 10.6 Å². The van der Waals surface area contributed by atoms with Crippen LogP contribution in [0.2, 0.25) is 5.02 Å². The SMILES string of the molecule is Cc1ccc(CNC(=O)c2ncoc2-c2cccc(Cl)c2)o1. The molecule has 1 N–H and O–H groups in total. The van der Waals surface area contributed by atoms with Crippen LogP contribution in [-0.2, 0) is 6.54 Å². The second kappa shape index (κ2) is 6.07. The second-order valence-corrected chi connectivity index (χ2v) is 5.17. The first-order valence-corrected chi connectivity index (χ1v) is 7.04. The van der Waals surface area contributed by atoms with Crippen LogP contribution in [0.5, 0.6) is 0 Å². The Balaban J connectivity index is 1.78. The van der Waals surface area contributed by atoms with E-state index in [4.69, 9.17) is 20.4 Å². The first kappa shape index (κ1) is 14.4. The van der Waals surface area contributed by atoms with Gasteiger partial charge in [-0.1, -0.05) is 23.7 Å². The fourth-order valence-corrected chi connectivity index (χ4v) is 2.26. The van der Waals surface area contributed by atoms with Crippen LogP contribution >= 0.6 is 11.6 Å². The van der Waals surface area contributed by atoms with Crippen molar-refractivity contribution in [3.8, 4) is 11.3 Å². The molecule has 22 heavy (non-hydrogen) atoms. The van der Waals surface area contributed by atoms with Gasteiger partial charge in [-0.05, 0) is 31.2 Å². The number of amides is 1. The summed E-state index contributed by atoms with van der Waals surface area (Å²) >= 11 is 5.96. The Morgan fingerprint density at radius 2 is 2.18 bits per heavy atom. The molecule has 0 fully saturated rings. The molecule has 2 heterocycles. The average Bonchev–Trinajstić information content (AvgIpc) is 3.13. The van der Waals surface area contributed by atoms with Crippen molar-refractivity contribution in [2.24, 2.45) is 0 Å². The van der Waals surface area contributed by atoms with E-state index in [-0.39, 0.29) is 18.1 Å². The number of benzene rings is 1. The molecule has 0 radical (unpaired) electrons. The zero-order valence-corrected chi connectivity index (χ0v) is 12.6. The van der Waals surface area contributed by atoms with Crippen LogP contribution in [0, 0.1) is 6.92 Å². The average molecular weight is 317 g/mol. The van der Waals surface area contributed by atoms with Crippen LogP contribution in [0.25, 0.3) is 11.3 Å². The maximum atomic E-state index is 12.3. The molecule has 112 valence electrons. The molecule has 3 aromatic rings. The standard InChI is InChI=1S/C16H13ClN2O3/c1-10-5-6-13(22-10)8-18-16(20)14-15(21-9-19-14)11-3-2-4-12(17)7-11/h2-7,9H,8H2,1H3,(H,18,20). The first-order chi connectivity index (χ1) is 10.6. The van der Waals surface area contributed by atoms with E-state index in [0.29, 0.717) is 22.1 Å². The molecule has 0 aliphatic heterocycles. The van der Waals surface area contributed by atoms with Gasteiger partial charge < -0.3 is 14.2 Å². The van der Waals surface area contributed by atoms with Crippen molar-refractivity contribution >= 4 is 17.5 Å². The number of nitrogens with zero attached hydrogens (tertiary/aromatic N) is 1. The molecule has 0 aliphatic rings. The quantitative estimate of drug-likeness (QED) is 0.794. The van der Waals surface area contributed by atoms with E-state index in [1.165, 1.54) is 6.39 Å². The highest BCUT2D eigenvalue weighted by Gasteiger charge is 2.18. The van der Waals surface area contributed by atoms with Crippen molar-refractivity contribution in [3.63, 3.8) is 0 Å². The van der Waals surface area contributed by atoms with E-state index in [1.807, 2.05) is 19.1 Å². The summed E-state index contributed by atoms with van der Waals surface area (Å²) < 4.78 is 10.7. The minimum atomic E-state index is -0.335. The summed E-state index contributed by atoms with van der Waals surface area (Å²) in [5.41, 5.74) is 0.912. The van der Waals surface area contributed by atoms with Crippen molar-refractivity contribution in [3.05, 3.63) is 65.0 Å². The van der Waals surface area contributed by atoms with E-state index in [9.17, 15) is 4.79 Å². The van der Waals surface area contributed by atoms with E-state index in [1.54, 1.807) is 24.3 Å². The number of hydrogen-bond donors (Lipinski definition) is 1. The Morgan fingerprint density at radius 3 is 2.91 bits per heavy atom. The number of carbonyl (C=O) groups is 1. The summed E-state index contributed by atoms with van der Waals surface area (Å²) in [4.78, 5) is 16.2. The number of nitrogens with one attached hydrogen (secondary N) is 1. The zero-order valence-electron chi connectivity index (χ0n) is 11.8. The predicted octanol–water partition coefficient (Wildman–Crippen LogP) is 3.83. The Kier molecular flexibility index (Phi) is 3.98. The maximum absolute atomic E-state index is 12.3. The van der Waals surface area contributed by atoms with Gasteiger partial charge in [-0.2, -0.15) is 0 Å². The number of carbonyl (C=O) groups excluding carboxylic acids is 1. The Bertz CT molecular complexity index is 807. The highest BCUT2D eigenvalue weighted by molar-refractivity contribution is 6.30. The van der Waals surface area contributed by atoms with Crippen LogP contribution in [0.4, 0.5) is 0 Å². The van der Waals surface area contributed by atoms with Gasteiger partial charge in [0.1, 0.15) is 11.5 Å². The Hall–Kier alpha value is -2.53. The van der Waals surface area contributed by atoms with Crippen molar-refractivity contribution in [2.45, 2.75) is 13.5 Å². The molecule has 0 aliphatic carbocycles. The summed E-state index contributed by atoms with van der Waals surface area (Å²) in [5.74, 6) is 1.53. The number of hydrogen-bond acceptors (Lipinski definition) is 4. The van der Waals surface area contributed by atoms with Gasteiger partial charge in [0.05, 0.1) is 6.54 Å². The molecule has 1 amide bonds. The van der Waals surface area contributed by atoms with Gasteiger partial charge in [-0.25, -0.2) is 4.98 Å². The smallest absolute Gasteiger partial charge is 0.274 e. The van der Waals surface area contributed by atoms with Crippen LogP contribution < -0.4 is 5.32 Å². The summed E-state index contributed by atoms with van der Waals surface area (Å²) in [6.07, 6.45) is 1.24. The van der Waals surface area contributed by atoms with Gasteiger partial charge in [0.25, 0.3) is 5.91 Å². The van der Waals surface area contributed by atoms with Gasteiger partial charge in [0.15, 0.2) is 17.8 Å². The molecular formula is C16H13ClN2O3.